The van der Waals surface area contributed by atoms with Crippen LogP contribution >= 0.6 is 0 Å². The first-order valence-corrected chi connectivity index (χ1v) is 11.1. The fourth-order valence-corrected chi connectivity index (χ4v) is 4.54. The molecule has 0 aliphatic heterocycles. The molecule has 2 aromatic carbocycles. The first-order valence-electron chi connectivity index (χ1n) is 11.1. The Kier molecular flexibility index (Phi) is 5.81. The number of hydrogen-bond donors (Lipinski definition) is 1. The molecule has 5 rings (SSSR count). The molecule has 4 aromatic rings. The van der Waals surface area contributed by atoms with Gasteiger partial charge in [0.25, 0.3) is 0 Å². The van der Waals surface area contributed by atoms with Crippen LogP contribution in [0.5, 0.6) is 11.6 Å². The summed E-state index contributed by atoms with van der Waals surface area (Å²) in [4.78, 5) is 17.9. The van der Waals surface area contributed by atoms with Crippen LogP contribution in [0.2, 0.25) is 0 Å². The Bertz CT molecular complexity index is 1220. The van der Waals surface area contributed by atoms with E-state index in [4.69, 9.17) is 20.2 Å². The highest BCUT2D eigenvalue weighted by atomic mass is 16.5. The summed E-state index contributed by atoms with van der Waals surface area (Å²) < 4.78 is 11.5. The second-order valence-electron chi connectivity index (χ2n) is 8.46. The molecule has 1 saturated carbocycles. The van der Waals surface area contributed by atoms with Gasteiger partial charge in [-0.25, -0.2) is 15.0 Å². The average molecular weight is 430 g/mol. The van der Waals surface area contributed by atoms with Gasteiger partial charge in [-0.2, -0.15) is 0 Å². The number of methoxy groups -OCH3 is 1. The lowest BCUT2D eigenvalue weighted by molar-refractivity contribution is 0.168. The maximum atomic E-state index is 6.60. The van der Waals surface area contributed by atoms with Crippen molar-refractivity contribution in [3.63, 3.8) is 0 Å². The number of nitrogens with two attached hydrogens (primary N) is 1. The van der Waals surface area contributed by atoms with E-state index in [0.29, 0.717) is 24.3 Å². The van der Waals surface area contributed by atoms with E-state index >= 15 is 0 Å². The monoisotopic (exact) mass is 429 g/mol. The summed E-state index contributed by atoms with van der Waals surface area (Å²) in [7, 11) is 1.65. The van der Waals surface area contributed by atoms with E-state index < -0.39 is 0 Å². The zero-order valence-corrected chi connectivity index (χ0v) is 18.1. The molecular formula is C25H27N5O2. The van der Waals surface area contributed by atoms with Gasteiger partial charge in [0.2, 0.25) is 5.88 Å². The second-order valence-corrected chi connectivity index (χ2v) is 8.46. The molecule has 1 atom stereocenters. The molecule has 1 aliphatic rings. The number of hydrogen-bond acceptors (Lipinski definition) is 7. The molecule has 1 fully saturated rings. The molecule has 7 heteroatoms. The Labute approximate surface area is 187 Å². The molecule has 2 N–H and O–H groups in total. The van der Waals surface area contributed by atoms with Gasteiger partial charge in [-0.15, -0.1) is 0 Å². The van der Waals surface area contributed by atoms with Crippen LogP contribution in [0.15, 0.2) is 55.0 Å². The van der Waals surface area contributed by atoms with Gasteiger partial charge in [0.05, 0.1) is 53.6 Å². The van der Waals surface area contributed by atoms with Gasteiger partial charge in [-0.05, 0) is 67.9 Å². The predicted molar refractivity (Wildman–Crippen MR) is 123 cm³/mol. The van der Waals surface area contributed by atoms with Crippen LogP contribution in [0, 0.1) is 11.8 Å². The number of fused-ring (bicyclic) bond motifs is 2. The molecule has 0 spiro atoms. The number of ether oxygens (including phenoxy) is 2. The van der Waals surface area contributed by atoms with Crippen LogP contribution in [0.4, 0.5) is 0 Å². The van der Waals surface area contributed by atoms with Crippen LogP contribution in [0.3, 0.4) is 0 Å². The summed E-state index contributed by atoms with van der Waals surface area (Å²) in [6.45, 7) is 0.640. The summed E-state index contributed by atoms with van der Waals surface area (Å²) in [6.07, 6.45) is 7.64. The summed E-state index contributed by atoms with van der Waals surface area (Å²) in [5.74, 6) is 2.27. The van der Waals surface area contributed by atoms with Crippen molar-refractivity contribution in [2.24, 2.45) is 17.6 Å². The van der Waals surface area contributed by atoms with Crippen molar-refractivity contribution >= 4 is 21.9 Å². The van der Waals surface area contributed by atoms with E-state index in [2.05, 4.69) is 15.0 Å². The smallest absolute Gasteiger partial charge is 0.224 e. The van der Waals surface area contributed by atoms with Crippen LogP contribution in [-0.2, 0) is 0 Å². The van der Waals surface area contributed by atoms with Gasteiger partial charge >= 0.3 is 0 Å². The van der Waals surface area contributed by atoms with Gasteiger partial charge < -0.3 is 15.2 Å². The third-order valence-corrected chi connectivity index (χ3v) is 6.47. The standard InChI is InChI=1S/C25H27N5O2/c1-31-18-10-11-20-19(12-18)25(29-15-28-20)32-14-16-6-8-17(9-7-16)24(26)23-13-27-21-4-2-3-5-22(21)30-23/h2-5,10-13,15-17,24H,6-9,14,26H2,1H3. The van der Waals surface area contributed by atoms with Gasteiger partial charge in [0, 0.05) is 0 Å². The molecule has 32 heavy (non-hydrogen) atoms. The fourth-order valence-electron chi connectivity index (χ4n) is 4.54. The number of rotatable bonds is 6. The highest BCUT2D eigenvalue weighted by molar-refractivity contribution is 5.84. The summed E-state index contributed by atoms with van der Waals surface area (Å²) in [6, 6.07) is 13.6. The number of para-hydroxylation sites is 2. The zero-order valence-electron chi connectivity index (χ0n) is 18.1. The van der Waals surface area contributed by atoms with Gasteiger partial charge in [0.1, 0.15) is 12.1 Å². The van der Waals surface area contributed by atoms with Crippen LogP contribution in [0.1, 0.15) is 37.4 Å². The Balaban J connectivity index is 1.20. The van der Waals surface area contributed by atoms with E-state index in [1.807, 2.05) is 48.7 Å². The minimum Gasteiger partial charge on any atom is -0.497 e. The summed E-state index contributed by atoms with van der Waals surface area (Å²) >= 11 is 0. The normalized spacial score (nSPS) is 19.7. The summed E-state index contributed by atoms with van der Waals surface area (Å²) in [5, 5.41) is 0.873. The molecule has 0 radical (unpaired) electrons. The average Bonchev–Trinajstić information content (AvgIpc) is 2.86. The number of benzene rings is 2. The van der Waals surface area contributed by atoms with E-state index in [0.717, 1.165) is 59.1 Å². The van der Waals surface area contributed by atoms with Crippen molar-refractivity contribution in [2.75, 3.05) is 13.7 Å². The first-order chi connectivity index (χ1) is 15.7. The van der Waals surface area contributed by atoms with Gasteiger partial charge in [-0.1, -0.05) is 12.1 Å². The Morgan fingerprint density at radius 3 is 2.59 bits per heavy atom. The lowest BCUT2D eigenvalue weighted by Crippen LogP contribution is -2.28. The molecule has 1 aliphatic carbocycles. The Hall–Kier alpha value is -3.32. The topological polar surface area (TPSA) is 96.0 Å². The van der Waals surface area contributed by atoms with Crippen molar-refractivity contribution < 1.29 is 9.47 Å². The van der Waals surface area contributed by atoms with Crippen molar-refractivity contribution in [1.29, 1.82) is 0 Å². The van der Waals surface area contributed by atoms with Crippen LogP contribution < -0.4 is 15.2 Å². The third-order valence-electron chi connectivity index (χ3n) is 6.47. The van der Waals surface area contributed by atoms with Crippen LogP contribution in [0.25, 0.3) is 21.9 Å². The molecule has 0 bridgehead atoms. The summed E-state index contributed by atoms with van der Waals surface area (Å²) in [5.41, 5.74) is 10.1. The largest absolute Gasteiger partial charge is 0.497 e. The van der Waals surface area contributed by atoms with Crippen molar-refractivity contribution in [3.8, 4) is 11.6 Å². The molecule has 7 nitrogen and oxygen atoms in total. The van der Waals surface area contributed by atoms with Crippen molar-refractivity contribution in [2.45, 2.75) is 31.7 Å². The number of nitrogens with zero attached hydrogens (tertiary/aromatic N) is 4. The zero-order chi connectivity index (χ0) is 21.9. The van der Waals surface area contributed by atoms with E-state index in [1.165, 1.54) is 0 Å². The first kappa shape index (κ1) is 20.6. The molecule has 2 aromatic heterocycles. The molecular weight excluding hydrogens is 402 g/mol. The van der Waals surface area contributed by atoms with Gasteiger partial charge in [0.15, 0.2) is 0 Å². The maximum Gasteiger partial charge on any atom is 0.224 e. The van der Waals surface area contributed by atoms with Crippen molar-refractivity contribution in [3.05, 3.63) is 60.7 Å². The van der Waals surface area contributed by atoms with E-state index in [9.17, 15) is 0 Å². The highest BCUT2D eigenvalue weighted by Crippen LogP contribution is 2.36. The Morgan fingerprint density at radius 1 is 0.969 bits per heavy atom. The lowest BCUT2D eigenvalue weighted by atomic mass is 9.78. The SMILES string of the molecule is COc1ccc2ncnc(OCC3CCC(C(N)c4cnc5ccccc5n4)CC3)c2c1. The van der Waals surface area contributed by atoms with Crippen molar-refractivity contribution in [1.82, 2.24) is 19.9 Å². The second kappa shape index (κ2) is 9.04. The van der Waals surface area contributed by atoms with E-state index in [1.54, 1.807) is 13.4 Å². The number of aromatic nitrogens is 4. The maximum absolute atomic E-state index is 6.60. The van der Waals surface area contributed by atoms with Crippen LogP contribution in [-0.4, -0.2) is 33.7 Å². The minimum atomic E-state index is -0.0905. The minimum absolute atomic E-state index is 0.0905. The fraction of sp³-hybridized carbons (Fsp3) is 0.360. The molecule has 164 valence electrons. The molecule has 1 unspecified atom stereocenters. The highest BCUT2D eigenvalue weighted by Gasteiger charge is 2.28. The lowest BCUT2D eigenvalue weighted by Gasteiger charge is -2.31. The van der Waals surface area contributed by atoms with E-state index in [-0.39, 0.29) is 6.04 Å². The molecule has 0 saturated heterocycles. The molecule has 2 heterocycles. The Morgan fingerprint density at radius 2 is 1.78 bits per heavy atom. The van der Waals surface area contributed by atoms with Gasteiger partial charge in [-0.3, -0.25) is 4.98 Å². The predicted octanol–water partition coefficient (Wildman–Crippen LogP) is 4.47. The third kappa shape index (κ3) is 4.21. The quantitative estimate of drug-likeness (QED) is 0.483. The molecule has 0 amide bonds.